The van der Waals surface area contributed by atoms with Gasteiger partial charge in [0.25, 0.3) is 5.91 Å². The summed E-state index contributed by atoms with van der Waals surface area (Å²) in [5.74, 6) is 1.64. The monoisotopic (exact) mass is 304 g/mol. The first kappa shape index (κ1) is 16.9. The van der Waals surface area contributed by atoms with E-state index in [2.05, 4.69) is 34.0 Å². The van der Waals surface area contributed by atoms with E-state index in [9.17, 15) is 4.79 Å². The molecule has 1 aliphatic rings. The fourth-order valence-corrected chi connectivity index (χ4v) is 3.37. The summed E-state index contributed by atoms with van der Waals surface area (Å²) in [7, 11) is 0. The molecule has 0 aromatic carbocycles. The maximum absolute atomic E-state index is 12.3. The number of aromatic nitrogens is 2. The third-order valence-electron chi connectivity index (χ3n) is 4.19. The molecule has 0 unspecified atom stereocenters. The van der Waals surface area contributed by atoms with E-state index in [0.29, 0.717) is 12.1 Å². The quantitative estimate of drug-likeness (QED) is 0.907. The number of nitrogens with one attached hydrogen (secondary N) is 1. The number of piperidine rings is 1. The predicted octanol–water partition coefficient (Wildman–Crippen LogP) is 2.31. The molecule has 0 spiro atoms. The Labute approximate surface area is 133 Å². The summed E-state index contributed by atoms with van der Waals surface area (Å²) in [5, 5.41) is 3.01. The van der Waals surface area contributed by atoms with Crippen LogP contribution in [0.15, 0.2) is 12.5 Å². The highest BCUT2D eigenvalue weighted by molar-refractivity contribution is 5.95. The van der Waals surface area contributed by atoms with Crippen LogP contribution in [0.4, 0.5) is 0 Å². The smallest absolute Gasteiger partial charge is 0.254 e. The van der Waals surface area contributed by atoms with Gasteiger partial charge in [-0.3, -0.25) is 4.79 Å². The standard InChI is InChI=1S/C17H28N4O/c1-12(2)16-15(8-18-11-20-16)17(22)19-5-6-21-9-13(3)7-14(4)10-21/h8,11-14H,5-7,9-10H2,1-4H3,(H,19,22)/t13-,14-/m1/s1. The van der Waals surface area contributed by atoms with Gasteiger partial charge in [-0.05, 0) is 24.2 Å². The molecule has 0 saturated carbocycles. The van der Waals surface area contributed by atoms with Crippen molar-refractivity contribution in [3.8, 4) is 0 Å². The lowest BCUT2D eigenvalue weighted by atomic mass is 9.92. The van der Waals surface area contributed by atoms with Crippen LogP contribution in [-0.2, 0) is 0 Å². The van der Waals surface area contributed by atoms with Crippen LogP contribution in [0.1, 0.15) is 56.1 Å². The SMILES string of the molecule is CC(C)c1ncncc1C(=O)NCCN1C[C@H](C)C[C@@H](C)C1. The van der Waals surface area contributed by atoms with Gasteiger partial charge in [-0.2, -0.15) is 0 Å². The molecule has 1 aliphatic heterocycles. The van der Waals surface area contributed by atoms with E-state index >= 15 is 0 Å². The lowest BCUT2D eigenvalue weighted by Gasteiger charge is -2.34. The molecule has 1 aromatic heterocycles. The van der Waals surface area contributed by atoms with E-state index in [1.807, 2.05) is 13.8 Å². The van der Waals surface area contributed by atoms with Gasteiger partial charge in [0.2, 0.25) is 0 Å². The number of hydrogen-bond donors (Lipinski definition) is 1. The van der Waals surface area contributed by atoms with Gasteiger partial charge in [0.1, 0.15) is 6.33 Å². The average molecular weight is 304 g/mol. The Balaban J connectivity index is 1.86. The Bertz CT molecular complexity index is 493. The largest absolute Gasteiger partial charge is 0.351 e. The Hall–Kier alpha value is -1.49. The number of carbonyl (C=O) groups excluding carboxylic acids is 1. The molecule has 5 nitrogen and oxygen atoms in total. The van der Waals surface area contributed by atoms with E-state index in [4.69, 9.17) is 0 Å². The first-order chi connectivity index (χ1) is 10.5. The van der Waals surface area contributed by atoms with Crippen LogP contribution in [0.25, 0.3) is 0 Å². The second-order valence-electron chi connectivity index (χ2n) is 6.94. The van der Waals surface area contributed by atoms with Crippen LogP contribution in [0.3, 0.4) is 0 Å². The van der Waals surface area contributed by atoms with Crippen molar-refractivity contribution < 1.29 is 4.79 Å². The third kappa shape index (κ3) is 4.50. The summed E-state index contributed by atoms with van der Waals surface area (Å²) in [6.45, 7) is 12.5. The van der Waals surface area contributed by atoms with Crippen LogP contribution < -0.4 is 5.32 Å². The van der Waals surface area contributed by atoms with Crippen molar-refractivity contribution in [2.45, 2.75) is 40.0 Å². The topological polar surface area (TPSA) is 58.1 Å². The number of rotatable bonds is 5. The van der Waals surface area contributed by atoms with E-state index in [-0.39, 0.29) is 11.8 Å². The minimum atomic E-state index is -0.0672. The van der Waals surface area contributed by atoms with E-state index in [0.717, 1.165) is 37.2 Å². The zero-order chi connectivity index (χ0) is 16.1. The molecule has 2 heterocycles. The Morgan fingerprint density at radius 1 is 1.36 bits per heavy atom. The van der Waals surface area contributed by atoms with Crippen molar-refractivity contribution in [3.05, 3.63) is 23.8 Å². The third-order valence-corrected chi connectivity index (χ3v) is 4.19. The molecule has 122 valence electrons. The van der Waals surface area contributed by atoms with E-state index in [1.165, 1.54) is 12.7 Å². The summed E-state index contributed by atoms with van der Waals surface area (Å²) >= 11 is 0. The number of likely N-dealkylation sites (tertiary alicyclic amines) is 1. The zero-order valence-electron chi connectivity index (χ0n) is 14.2. The molecule has 1 amide bonds. The van der Waals surface area contributed by atoms with Crippen LogP contribution >= 0.6 is 0 Å². The summed E-state index contributed by atoms with van der Waals surface area (Å²) < 4.78 is 0. The molecular formula is C17H28N4O. The van der Waals surface area contributed by atoms with Gasteiger partial charge < -0.3 is 10.2 Å². The summed E-state index contributed by atoms with van der Waals surface area (Å²) in [6, 6.07) is 0. The van der Waals surface area contributed by atoms with Crippen molar-refractivity contribution in [1.82, 2.24) is 20.2 Å². The van der Waals surface area contributed by atoms with Gasteiger partial charge in [0, 0.05) is 32.4 Å². The van der Waals surface area contributed by atoms with Crippen LogP contribution in [0, 0.1) is 11.8 Å². The molecule has 1 aromatic rings. The van der Waals surface area contributed by atoms with Gasteiger partial charge in [-0.25, -0.2) is 9.97 Å². The molecule has 1 fully saturated rings. The summed E-state index contributed by atoms with van der Waals surface area (Å²) in [5.41, 5.74) is 1.41. The van der Waals surface area contributed by atoms with Gasteiger partial charge in [-0.15, -0.1) is 0 Å². The van der Waals surface area contributed by atoms with Gasteiger partial charge in [0.15, 0.2) is 0 Å². The first-order valence-electron chi connectivity index (χ1n) is 8.27. The lowest BCUT2D eigenvalue weighted by Crippen LogP contribution is -2.43. The highest BCUT2D eigenvalue weighted by Crippen LogP contribution is 2.20. The maximum Gasteiger partial charge on any atom is 0.254 e. The van der Waals surface area contributed by atoms with Crippen LogP contribution in [-0.4, -0.2) is 47.0 Å². The van der Waals surface area contributed by atoms with Gasteiger partial charge >= 0.3 is 0 Å². The van der Waals surface area contributed by atoms with Crippen molar-refractivity contribution in [2.24, 2.45) is 11.8 Å². The molecule has 0 bridgehead atoms. The fraction of sp³-hybridized carbons (Fsp3) is 0.706. The number of nitrogens with zero attached hydrogens (tertiary/aromatic N) is 3. The molecule has 2 atom stereocenters. The minimum Gasteiger partial charge on any atom is -0.351 e. The Morgan fingerprint density at radius 3 is 2.68 bits per heavy atom. The van der Waals surface area contributed by atoms with E-state index in [1.54, 1.807) is 6.20 Å². The van der Waals surface area contributed by atoms with Crippen molar-refractivity contribution in [1.29, 1.82) is 0 Å². The first-order valence-corrected chi connectivity index (χ1v) is 8.27. The zero-order valence-corrected chi connectivity index (χ0v) is 14.2. The lowest BCUT2D eigenvalue weighted by molar-refractivity contribution is 0.0934. The highest BCUT2D eigenvalue weighted by Gasteiger charge is 2.21. The second-order valence-corrected chi connectivity index (χ2v) is 6.94. The number of carbonyl (C=O) groups is 1. The Morgan fingerprint density at radius 2 is 2.05 bits per heavy atom. The molecular weight excluding hydrogens is 276 g/mol. The van der Waals surface area contributed by atoms with Crippen LogP contribution in [0.5, 0.6) is 0 Å². The summed E-state index contributed by atoms with van der Waals surface area (Å²) in [6.07, 6.45) is 4.42. The van der Waals surface area contributed by atoms with Crippen molar-refractivity contribution in [3.63, 3.8) is 0 Å². The highest BCUT2D eigenvalue weighted by atomic mass is 16.1. The normalized spacial score (nSPS) is 22.8. The van der Waals surface area contributed by atoms with Gasteiger partial charge in [0.05, 0.1) is 11.3 Å². The molecule has 2 rings (SSSR count). The number of hydrogen-bond acceptors (Lipinski definition) is 4. The molecule has 0 aliphatic carbocycles. The molecule has 5 heteroatoms. The predicted molar refractivity (Wildman–Crippen MR) is 87.8 cm³/mol. The molecule has 1 saturated heterocycles. The molecule has 0 radical (unpaired) electrons. The van der Waals surface area contributed by atoms with Gasteiger partial charge in [-0.1, -0.05) is 27.7 Å². The minimum absolute atomic E-state index is 0.0672. The van der Waals surface area contributed by atoms with Crippen LogP contribution in [0.2, 0.25) is 0 Å². The number of amides is 1. The Kier molecular flexibility index (Phi) is 5.89. The molecule has 1 N–H and O–H groups in total. The fourth-order valence-electron chi connectivity index (χ4n) is 3.37. The molecule has 22 heavy (non-hydrogen) atoms. The average Bonchev–Trinajstić information content (AvgIpc) is 2.46. The maximum atomic E-state index is 12.3. The van der Waals surface area contributed by atoms with Crippen molar-refractivity contribution >= 4 is 5.91 Å². The van der Waals surface area contributed by atoms with E-state index < -0.39 is 0 Å². The van der Waals surface area contributed by atoms with Crippen molar-refractivity contribution in [2.75, 3.05) is 26.2 Å². The second kappa shape index (κ2) is 7.68. The summed E-state index contributed by atoms with van der Waals surface area (Å²) in [4.78, 5) is 23.0.